The van der Waals surface area contributed by atoms with Crippen LogP contribution in [0.2, 0.25) is 0 Å². The Bertz CT molecular complexity index is 444. The summed E-state index contributed by atoms with van der Waals surface area (Å²) >= 11 is 0. The summed E-state index contributed by atoms with van der Waals surface area (Å²) in [7, 11) is 0. The van der Waals surface area contributed by atoms with Crippen LogP contribution in [0, 0.1) is 0 Å². The Labute approximate surface area is 128 Å². The van der Waals surface area contributed by atoms with Crippen LogP contribution in [0.4, 0.5) is 0 Å². The van der Waals surface area contributed by atoms with Crippen LogP contribution in [0.5, 0.6) is 0 Å². The minimum atomic E-state index is 0.157. The number of likely N-dealkylation sites (tertiary alicyclic amines) is 1. The summed E-state index contributed by atoms with van der Waals surface area (Å²) in [5.74, 6) is 0.157. The molecule has 0 radical (unpaired) electrons. The van der Waals surface area contributed by atoms with Crippen LogP contribution in [0.1, 0.15) is 31.2 Å². The van der Waals surface area contributed by atoms with E-state index in [0.717, 1.165) is 38.9 Å². The summed E-state index contributed by atoms with van der Waals surface area (Å²) in [6, 6.07) is 10.9. The van der Waals surface area contributed by atoms with Gasteiger partial charge in [0.05, 0.1) is 0 Å². The van der Waals surface area contributed by atoms with Gasteiger partial charge >= 0.3 is 0 Å². The van der Waals surface area contributed by atoms with E-state index in [1.165, 1.54) is 12.0 Å². The number of nitrogens with zero attached hydrogens (tertiary/aromatic N) is 1. The number of carbonyl (C=O) groups excluding carboxylic acids is 1. The molecule has 0 aromatic heterocycles. The van der Waals surface area contributed by atoms with Gasteiger partial charge in [-0.25, -0.2) is 0 Å². The fourth-order valence-corrected chi connectivity index (χ4v) is 2.84. The number of allylic oxidation sites excluding steroid dienone is 1. The lowest BCUT2D eigenvalue weighted by Gasteiger charge is -2.33. The van der Waals surface area contributed by atoms with Gasteiger partial charge < -0.3 is 10.2 Å². The molecule has 1 aliphatic heterocycles. The lowest BCUT2D eigenvalue weighted by molar-refractivity contribution is -0.122. The number of piperidine rings is 1. The number of hydrogen-bond donors (Lipinski definition) is 1. The van der Waals surface area contributed by atoms with Gasteiger partial charge in [0.2, 0.25) is 5.91 Å². The fourth-order valence-electron chi connectivity index (χ4n) is 2.84. The van der Waals surface area contributed by atoms with E-state index in [4.69, 9.17) is 0 Å². The standard InChI is InChI=1S/C18H26N2O/c1-2-3-11-18(21)19-17-10-7-13-20(15-17)14-12-16-8-5-4-6-9-16/h2,4-6,8-9,17H,1,3,7,10-15H2,(H,19,21)/t17-/m1/s1. The van der Waals surface area contributed by atoms with Crippen molar-refractivity contribution in [1.82, 2.24) is 10.2 Å². The maximum Gasteiger partial charge on any atom is 0.220 e. The number of rotatable bonds is 7. The molecule has 0 saturated carbocycles. The Kier molecular flexibility index (Phi) is 6.48. The molecule has 1 amide bonds. The number of benzene rings is 1. The molecule has 1 aromatic rings. The molecule has 114 valence electrons. The molecule has 1 fully saturated rings. The van der Waals surface area contributed by atoms with Gasteiger partial charge in [-0.1, -0.05) is 36.4 Å². The molecule has 0 unspecified atom stereocenters. The largest absolute Gasteiger partial charge is 0.352 e. The summed E-state index contributed by atoms with van der Waals surface area (Å²) in [6.07, 6.45) is 6.47. The molecule has 3 nitrogen and oxygen atoms in total. The van der Waals surface area contributed by atoms with Crippen molar-refractivity contribution >= 4 is 5.91 Å². The summed E-state index contributed by atoms with van der Waals surface area (Å²) in [5, 5.41) is 3.15. The van der Waals surface area contributed by atoms with E-state index in [1.54, 1.807) is 6.08 Å². The van der Waals surface area contributed by atoms with E-state index in [1.807, 2.05) is 0 Å². The molecule has 21 heavy (non-hydrogen) atoms. The van der Waals surface area contributed by atoms with Crippen molar-refractivity contribution in [2.75, 3.05) is 19.6 Å². The molecule has 1 aromatic carbocycles. The Balaban J connectivity index is 1.73. The Morgan fingerprint density at radius 2 is 2.19 bits per heavy atom. The van der Waals surface area contributed by atoms with E-state index >= 15 is 0 Å². The van der Waals surface area contributed by atoms with Crippen LogP contribution < -0.4 is 5.32 Å². The lowest BCUT2D eigenvalue weighted by atomic mass is 10.0. The average Bonchev–Trinajstić information content (AvgIpc) is 2.52. The highest BCUT2D eigenvalue weighted by atomic mass is 16.1. The third-order valence-electron chi connectivity index (χ3n) is 4.01. The maximum atomic E-state index is 11.8. The van der Waals surface area contributed by atoms with Gasteiger partial charge in [-0.3, -0.25) is 4.79 Å². The van der Waals surface area contributed by atoms with E-state index in [-0.39, 0.29) is 5.91 Å². The zero-order chi connectivity index (χ0) is 14.9. The molecule has 3 heteroatoms. The molecule has 1 N–H and O–H groups in total. The van der Waals surface area contributed by atoms with Crippen molar-refractivity contribution in [2.45, 2.75) is 38.1 Å². The summed E-state index contributed by atoms with van der Waals surface area (Å²) in [6.45, 7) is 6.85. The summed E-state index contributed by atoms with van der Waals surface area (Å²) < 4.78 is 0. The van der Waals surface area contributed by atoms with Crippen molar-refractivity contribution in [1.29, 1.82) is 0 Å². The number of nitrogens with one attached hydrogen (secondary N) is 1. The van der Waals surface area contributed by atoms with Crippen LogP contribution in [0.3, 0.4) is 0 Å². The first-order valence-corrected chi connectivity index (χ1v) is 7.94. The predicted octanol–water partition coefficient (Wildman–Crippen LogP) is 2.78. The monoisotopic (exact) mass is 286 g/mol. The van der Waals surface area contributed by atoms with Crippen LogP contribution in [-0.2, 0) is 11.2 Å². The minimum Gasteiger partial charge on any atom is -0.352 e. The SMILES string of the molecule is C=CCCC(=O)N[C@@H]1CCCN(CCc2ccccc2)C1. The normalized spacial score (nSPS) is 19.1. The molecule has 1 aliphatic rings. The highest BCUT2D eigenvalue weighted by Crippen LogP contribution is 2.11. The Morgan fingerprint density at radius 3 is 2.95 bits per heavy atom. The van der Waals surface area contributed by atoms with Gasteiger partial charge in [0.1, 0.15) is 0 Å². The molecule has 1 heterocycles. The number of hydrogen-bond acceptors (Lipinski definition) is 2. The van der Waals surface area contributed by atoms with E-state index < -0.39 is 0 Å². The zero-order valence-electron chi connectivity index (χ0n) is 12.8. The second kappa shape index (κ2) is 8.63. The topological polar surface area (TPSA) is 32.3 Å². The zero-order valence-corrected chi connectivity index (χ0v) is 12.8. The van der Waals surface area contributed by atoms with E-state index in [2.05, 4.69) is 47.1 Å². The molecule has 2 rings (SSSR count). The Morgan fingerprint density at radius 1 is 1.38 bits per heavy atom. The van der Waals surface area contributed by atoms with Crippen molar-refractivity contribution in [2.24, 2.45) is 0 Å². The van der Waals surface area contributed by atoms with Crippen LogP contribution >= 0.6 is 0 Å². The first kappa shape index (κ1) is 15.8. The van der Waals surface area contributed by atoms with Gasteiger partial charge in [0.15, 0.2) is 0 Å². The predicted molar refractivity (Wildman–Crippen MR) is 87.2 cm³/mol. The van der Waals surface area contributed by atoms with Gasteiger partial charge in [0.25, 0.3) is 0 Å². The molecule has 1 saturated heterocycles. The first-order valence-electron chi connectivity index (χ1n) is 7.94. The molecule has 0 bridgehead atoms. The van der Waals surface area contributed by atoms with E-state index in [0.29, 0.717) is 12.5 Å². The van der Waals surface area contributed by atoms with Crippen molar-refractivity contribution in [3.05, 3.63) is 48.6 Å². The highest BCUT2D eigenvalue weighted by molar-refractivity contribution is 5.76. The minimum absolute atomic E-state index is 0.157. The summed E-state index contributed by atoms with van der Waals surface area (Å²) in [5.41, 5.74) is 1.38. The quantitative estimate of drug-likeness (QED) is 0.782. The smallest absolute Gasteiger partial charge is 0.220 e. The first-order chi connectivity index (χ1) is 10.3. The van der Waals surface area contributed by atoms with Crippen molar-refractivity contribution in [3.63, 3.8) is 0 Å². The summed E-state index contributed by atoms with van der Waals surface area (Å²) in [4.78, 5) is 14.2. The number of carbonyl (C=O) groups is 1. The van der Waals surface area contributed by atoms with Crippen molar-refractivity contribution in [3.8, 4) is 0 Å². The van der Waals surface area contributed by atoms with Gasteiger partial charge in [-0.05, 0) is 37.8 Å². The molecule has 0 aliphatic carbocycles. The fraction of sp³-hybridized carbons (Fsp3) is 0.500. The Hall–Kier alpha value is -1.61. The van der Waals surface area contributed by atoms with Crippen LogP contribution in [-0.4, -0.2) is 36.5 Å². The van der Waals surface area contributed by atoms with Crippen LogP contribution in [0.15, 0.2) is 43.0 Å². The third kappa shape index (κ3) is 5.72. The maximum absolute atomic E-state index is 11.8. The molecule has 1 atom stereocenters. The van der Waals surface area contributed by atoms with Crippen molar-refractivity contribution < 1.29 is 4.79 Å². The molecule has 0 spiro atoms. The third-order valence-corrected chi connectivity index (χ3v) is 4.01. The highest BCUT2D eigenvalue weighted by Gasteiger charge is 2.20. The molecular weight excluding hydrogens is 260 g/mol. The molecular formula is C18H26N2O. The van der Waals surface area contributed by atoms with Gasteiger partial charge in [0, 0.05) is 25.6 Å². The van der Waals surface area contributed by atoms with Gasteiger partial charge in [-0.2, -0.15) is 0 Å². The number of amides is 1. The van der Waals surface area contributed by atoms with E-state index in [9.17, 15) is 4.79 Å². The average molecular weight is 286 g/mol. The lowest BCUT2D eigenvalue weighted by Crippen LogP contribution is -2.48. The van der Waals surface area contributed by atoms with Gasteiger partial charge in [-0.15, -0.1) is 6.58 Å². The second-order valence-electron chi connectivity index (χ2n) is 5.77. The second-order valence-corrected chi connectivity index (χ2v) is 5.77. The van der Waals surface area contributed by atoms with Crippen LogP contribution in [0.25, 0.3) is 0 Å².